The second-order valence-electron chi connectivity index (χ2n) is 4.82. The highest BCUT2D eigenvalue weighted by Crippen LogP contribution is 2.34. The van der Waals surface area contributed by atoms with Crippen LogP contribution < -0.4 is 10.2 Å². The number of nitrogens with zero attached hydrogens (tertiary/aromatic N) is 1. The van der Waals surface area contributed by atoms with E-state index in [1.165, 1.54) is 0 Å². The molecule has 4 heteroatoms. The lowest BCUT2D eigenvalue weighted by atomic mass is 10.0. The topological polar surface area (TPSA) is 15.3 Å². The van der Waals surface area contributed by atoms with Gasteiger partial charge in [0.05, 0.1) is 15.7 Å². The molecule has 94 valence electrons. The molecule has 2 rings (SSSR count). The van der Waals surface area contributed by atoms with Crippen molar-refractivity contribution in [1.82, 2.24) is 5.32 Å². The zero-order valence-electron chi connectivity index (χ0n) is 10.2. The summed E-state index contributed by atoms with van der Waals surface area (Å²) in [6.07, 6.45) is 0. The van der Waals surface area contributed by atoms with Crippen LogP contribution in [0.25, 0.3) is 0 Å². The van der Waals surface area contributed by atoms with Crippen LogP contribution in [-0.4, -0.2) is 25.7 Å². The van der Waals surface area contributed by atoms with Gasteiger partial charge in [0.1, 0.15) is 0 Å². The Morgan fingerprint density at radius 1 is 1.29 bits per heavy atom. The smallest absolute Gasteiger partial charge is 0.0745 e. The van der Waals surface area contributed by atoms with E-state index in [1.807, 2.05) is 18.2 Å². The molecule has 2 nitrogen and oxygen atoms in total. The van der Waals surface area contributed by atoms with Gasteiger partial charge >= 0.3 is 0 Å². The molecule has 0 spiro atoms. The standard InChI is InChI=1S/C13H18Cl2N2/c1-9(2)12-8-17(7-6-16-12)13-10(14)4-3-5-11(13)15/h3-5,9,12,16H,6-8H2,1-2H3. The first kappa shape index (κ1) is 13.0. The van der Waals surface area contributed by atoms with Crippen molar-refractivity contribution >= 4 is 28.9 Å². The Morgan fingerprint density at radius 2 is 1.94 bits per heavy atom. The molecule has 0 bridgehead atoms. The third-order valence-electron chi connectivity index (χ3n) is 3.26. The second-order valence-corrected chi connectivity index (χ2v) is 5.64. The van der Waals surface area contributed by atoms with E-state index < -0.39 is 0 Å². The molecular formula is C13H18Cl2N2. The molecule has 1 aromatic carbocycles. The number of halogens is 2. The van der Waals surface area contributed by atoms with E-state index in [2.05, 4.69) is 24.1 Å². The van der Waals surface area contributed by atoms with Crippen LogP contribution in [-0.2, 0) is 0 Å². The van der Waals surface area contributed by atoms with Crippen LogP contribution >= 0.6 is 23.2 Å². The molecule has 1 aromatic rings. The zero-order chi connectivity index (χ0) is 12.4. The minimum Gasteiger partial charge on any atom is -0.366 e. The Balaban J connectivity index is 2.22. The quantitative estimate of drug-likeness (QED) is 0.888. The summed E-state index contributed by atoms with van der Waals surface area (Å²) in [6.45, 7) is 7.35. The largest absolute Gasteiger partial charge is 0.366 e. The van der Waals surface area contributed by atoms with Crippen LogP contribution in [0.2, 0.25) is 10.0 Å². The van der Waals surface area contributed by atoms with Crippen LogP contribution in [0.15, 0.2) is 18.2 Å². The lowest BCUT2D eigenvalue weighted by molar-refractivity contribution is 0.368. The molecule has 1 unspecified atom stereocenters. The normalized spacial score (nSPS) is 21.0. The number of hydrogen-bond acceptors (Lipinski definition) is 2. The predicted octanol–water partition coefficient (Wildman–Crippen LogP) is 3.43. The molecule has 1 heterocycles. The van der Waals surface area contributed by atoms with Crippen molar-refractivity contribution in [3.8, 4) is 0 Å². The number of para-hydroxylation sites is 1. The summed E-state index contributed by atoms with van der Waals surface area (Å²) in [5.41, 5.74) is 0.975. The number of piperazine rings is 1. The molecule has 17 heavy (non-hydrogen) atoms. The minimum atomic E-state index is 0.496. The summed E-state index contributed by atoms with van der Waals surface area (Å²) in [5.74, 6) is 0.610. The summed E-state index contributed by atoms with van der Waals surface area (Å²) >= 11 is 12.5. The Kier molecular flexibility index (Phi) is 4.18. The van der Waals surface area contributed by atoms with Crippen molar-refractivity contribution in [3.05, 3.63) is 28.2 Å². The highest BCUT2D eigenvalue weighted by molar-refractivity contribution is 6.39. The maximum atomic E-state index is 6.24. The van der Waals surface area contributed by atoms with Crippen molar-refractivity contribution in [2.24, 2.45) is 5.92 Å². The molecule has 0 aromatic heterocycles. The molecular weight excluding hydrogens is 255 g/mol. The summed E-state index contributed by atoms with van der Waals surface area (Å²) < 4.78 is 0. The van der Waals surface area contributed by atoms with Gasteiger partial charge in [-0.2, -0.15) is 0 Å². The highest BCUT2D eigenvalue weighted by atomic mass is 35.5. The van der Waals surface area contributed by atoms with Crippen LogP contribution in [0, 0.1) is 5.92 Å². The maximum Gasteiger partial charge on any atom is 0.0745 e. The molecule has 1 atom stereocenters. The SMILES string of the molecule is CC(C)C1CN(c2c(Cl)cccc2Cl)CCN1. The number of rotatable bonds is 2. The van der Waals surface area contributed by atoms with Gasteiger partial charge in [-0.25, -0.2) is 0 Å². The van der Waals surface area contributed by atoms with Gasteiger partial charge in [-0.1, -0.05) is 43.1 Å². The first-order chi connectivity index (χ1) is 8.09. The minimum absolute atomic E-state index is 0.496. The first-order valence-electron chi connectivity index (χ1n) is 6.02. The van der Waals surface area contributed by atoms with Gasteiger partial charge in [0, 0.05) is 25.7 Å². The number of nitrogens with one attached hydrogen (secondary N) is 1. The Bertz CT molecular complexity index is 373. The number of anilines is 1. The second kappa shape index (κ2) is 5.47. The van der Waals surface area contributed by atoms with Crippen molar-refractivity contribution in [2.45, 2.75) is 19.9 Å². The summed E-state index contributed by atoms with van der Waals surface area (Å²) in [7, 11) is 0. The molecule has 0 radical (unpaired) electrons. The Labute approximate surface area is 113 Å². The fourth-order valence-corrected chi connectivity index (χ4v) is 2.86. The predicted molar refractivity (Wildman–Crippen MR) is 75.3 cm³/mol. The van der Waals surface area contributed by atoms with Gasteiger partial charge in [0.25, 0.3) is 0 Å². The molecule has 1 aliphatic rings. The van der Waals surface area contributed by atoms with Gasteiger partial charge < -0.3 is 10.2 Å². The molecule has 1 saturated heterocycles. The lowest BCUT2D eigenvalue weighted by Crippen LogP contribution is -2.53. The van der Waals surface area contributed by atoms with Crippen LogP contribution in [0.3, 0.4) is 0 Å². The maximum absolute atomic E-state index is 6.24. The van der Waals surface area contributed by atoms with E-state index in [4.69, 9.17) is 23.2 Å². The van der Waals surface area contributed by atoms with Crippen LogP contribution in [0.5, 0.6) is 0 Å². The first-order valence-corrected chi connectivity index (χ1v) is 6.77. The Hall–Kier alpha value is -0.440. The third-order valence-corrected chi connectivity index (χ3v) is 3.87. The van der Waals surface area contributed by atoms with Gasteiger partial charge in [0.2, 0.25) is 0 Å². The Morgan fingerprint density at radius 3 is 2.53 bits per heavy atom. The van der Waals surface area contributed by atoms with Crippen molar-refractivity contribution < 1.29 is 0 Å². The van der Waals surface area contributed by atoms with E-state index in [0.717, 1.165) is 35.4 Å². The summed E-state index contributed by atoms with van der Waals surface area (Å²) in [4.78, 5) is 2.28. The van der Waals surface area contributed by atoms with E-state index in [0.29, 0.717) is 12.0 Å². The van der Waals surface area contributed by atoms with Crippen LogP contribution in [0.4, 0.5) is 5.69 Å². The van der Waals surface area contributed by atoms with Gasteiger partial charge in [-0.05, 0) is 18.1 Å². The van der Waals surface area contributed by atoms with Crippen LogP contribution in [0.1, 0.15) is 13.8 Å². The highest BCUT2D eigenvalue weighted by Gasteiger charge is 2.24. The zero-order valence-corrected chi connectivity index (χ0v) is 11.7. The average Bonchev–Trinajstić information content (AvgIpc) is 2.29. The van der Waals surface area contributed by atoms with Crippen molar-refractivity contribution in [3.63, 3.8) is 0 Å². The molecule has 1 N–H and O–H groups in total. The molecule has 1 aliphatic heterocycles. The van der Waals surface area contributed by atoms with E-state index in [9.17, 15) is 0 Å². The van der Waals surface area contributed by atoms with Crippen molar-refractivity contribution in [2.75, 3.05) is 24.5 Å². The summed E-state index contributed by atoms with van der Waals surface area (Å²) in [6, 6.07) is 6.18. The van der Waals surface area contributed by atoms with E-state index in [1.54, 1.807) is 0 Å². The third kappa shape index (κ3) is 2.87. The monoisotopic (exact) mass is 272 g/mol. The lowest BCUT2D eigenvalue weighted by Gasteiger charge is -2.37. The number of hydrogen-bond donors (Lipinski definition) is 1. The number of benzene rings is 1. The van der Waals surface area contributed by atoms with Crippen molar-refractivity contribution in [1.29, 1.82) is 0 Å². The summed E-state index contributed by atoms with van der Waals surface area (Å²) in [5, 5.41) is 5.01. The fraction of sp³-hybridized carbons (Fsp3) is 0.538. The molecule has 0 amide bonds. The fourth-order valence-electron chi connectivity index (χ4n) is 2.22. The van der Waals surface area contributed by atoms with E-state index in [-0.39, 0.29) is 0 Å². The van der Waals surface area contributed by atoms with E-state index >= 15 is 0 Å². The average molecular weight is 273 g/mol. The molecule has 0 saturated carbocycles. The van der Waals surface area contributed by atoms with Gasteiger partial charge in [-0.3, -0.25) is 0 Å². The molecule has 1 fully saturated rings. The van der Waals surface area contributed by atoms with Gasteiger partial charge in [-0.15, -0.1) is 0 Å². The van der Waals surface area contributed by atoms with Gasteiger partial charge in [0.15, 0.2) is 0 Å². The molecule has 0 aliphatic carbocycles.